The lowest BCUT2D eigenvalue weighted by molar-refractivity contribution is -0.113. The van der Waals surface area contributed by atoms with Gasteiger partial charge in [0.1, 0.15) is 11.5 Å². The minimum Gasteiger partial charge on any atom is -0.462 e. The van der Waals surface area contributed by atoms with Crippen molar-refractivity contribution in [1.29, 1.82) is 0 Å². The number of benzene rings is 1. The Morgan fingerprint density at radius 1 is 1.30 bits per heavy atom. The van der Waals surface area contributed by atoms with E-state index in [0.29, 0.717) is 20.7 Å². The number of carbonyl (C=O) groups excluding carboxylic acids is 2. The van der Waals surface area contributed by atoms with Gasteiger partial charge < -0.3 is 10.2 Å². The molecule has 2 amide bonds. The molecule has 0 radical (unpaired) electrons. The summed E-state index contributed by atoms with van der Waals surface area (Å²) in [5, 5.41) is 0. The van der Waals surface area contributed by atoms with Gasteiger partial charge in [-0.05, 0) is 31.2 Å². The molecule has 0 aliphatic carbocycles. The number of carbonyl (C=O) groups is 2. The smallest absolute Gasteiger partial charge is 0.270 e. The van der Waals surface area contributed by atoms with Gasteiger partial charge >= 0.3 is 0 Å². The average Bonchev–Trinajstić information content (AvgIpc) is 3.03. The number of nitrogens with two attached hydrogens (primary N) is 1. The Morgan fingerprint density at radius 3 is 2.70 bits per heavy atom. The SMILES string of the molecule is Cc1ccc(/C=C2/SC(=S)N(c3ccccc3C(N)=O)C2=O)o1. The second-order valence-electron chi connectivity index (χ2n) is 4.85. The van der Waals surface area contributed by atoms with E-state index in [1.807, 2.05) is 13.0 Å². The quantitative estimate of drug-likeness (QED) is 0.684. The molecule has 0 atom stereocenters. The fourth-order valence-corrected chi connectivity index (χ4v) is 3.48. The molecule has 0 bridgehead atoms. The number of para-hydroxylation sites is 1. The summed E-state index contributed by atoms with van der Waals surface area (Å²) in [4.78, 5) is 26.0. The lowest BCUT2D eigenvalue weighted by atomic mass is 10.1. The number of primary amides is 1. The predicted molar refractivity (Wildman–Crippen MR) is 94.1 cm³/mol. The summed E-state index contributed by atoms with van der Waals surface area (Å²) in [6.07, 6.45) is 1.64. The van der Waals surface area contributed by atoms with Crippen LogP contribution in [0.4, 0.5) is 5.69 Å². The van der Waals surface area contributed by atoms with Crippen LogP contribution in [0, 0.1) is 6.92 Å². The summed E-state index contributed by atoms with van der Waals surface area (Å²) in [6, 6.07) is 10.2. The second-order valence-corrected chi connectivity index (χ2v) is 6.52. The number of aryl methyl sites for hydroxylation is 1. The Kier molecular flexibility index (Phi) is 4.06. The van der Waals surface area contributed by atoms with Crippen LogP contribution < -0.4 is 10.6 Å². The van der Waals surface area contributed by atoms with Crippen molar-refractivity contribution in [2.75, 3.05) is 4.90 Å². The van der Waals surface area contributed by atoms with Crippen molar-refractivity contribution >= 4 is 51.9 Å². The number of furan rings is 1. The van der Waals surface area contributed by atoms with Gasteiger partial charge in [0.15, 0.2) is 4.32 Å². The second kappa shape index (κ2) is 6.02. The van der Waals surface area contributed by atoms with Gasteiger partial charge in [0.25, 0.3) is 11.8 Å². The van der Waals surface area contributed by atoms with Crippen LogP contribution in [0.3, 0.4) is 0 Å². The molecule has 0 saturated carbocycles. The van der Waals surface area contributed by atoms with Gasteiger partial charge in [0.05, 0.1) is 16.2 Å². The van der Waals surface area contributed by atoms with Gasteiger partial charge in [-0.25, -0.2) is 0 Å². The Morgan fingerprint density at radius 2 is 2.04 bits per heavy atom. The van der Waals surface area contributed by atoms with E-state index in [1.165, 1.54) is 4.90 Å². The fourth-order valence-electron chi connectivity index (χ4n) is 2.21. The summed E-state index contributed by atoms with van der Waals surface area (Å²) >= 11 is 6.45. The van der Waals surface area contributed by atoms with E-state index >= 15 is 0 Å². The van der Waals surface area contributed by atoms with Crippen LogP contribution in [0.5, 0.6) is 0 Å². The molecule has 23 heavy (non-hydrogen) atoms. The first-order valence-electron chi connectivity index (χ1n) is 6.70. The van der Waals surface area contributed by atoms with E-state index in [1.54, 1.807) is 36.4 Å². The van der Waals surface area contributed by atoms with Crippen LogP contribution in [-0.4, -0.2) is 16.1 Å². The highest BCUT2D eigenvalue weighted by molar-refractivity contribution is 8.27. The number of rotatable bonds is 3. The number of nitrogens with zero attached hydrogens (tertiary/aromatic N) is 1. The van der Waals surface area contributed by atoms with Crippen molar-refractivity contribution in [2.45, 2.75) is 6.92 Å². The molecule has 2 N–H and O–H groups in total. The molecule has 2 heterocycles. The van der Waals surface area contributed by atoms with Crippen LogP contribution in [0.25, 0.3) is 6.08 Å². The summed E-state index contributed by atoms with van der Waals surface area (Å²) in [5.41, 5.74) is 6.02. The normalized spacial score (nSPS) is 16.4. The third kappa shape index (κ3) is 2.93. The Labute approximate surface area is 142 Å². The van der Waals surface area contributed by atoms with Crippen LogP contribution >= 0.6 is 24.0 Å². The van der Waals surface area contributed by atoms with Crippen molar-refractivity contribution in [3.05, 3.63) is 58.4 Å². The molecule has 1 aliphatic heterocycles. The largest absolute Gasteiger partial charge is 0.462 e. The maximum absolute atomic E-state index is 12.7. The van der Waals surface area contributed by atoms with Gasteiger partial charge in [0.2, 0.25) is 0 Å². The lowest BCUT2D eigenvalue weighted by Gasteiger charge is -2.17. The monoisotopic (exact) mass is 344 g/mol. The van der Waals surface area contributed by atoms with E-state index in [2.05, 4.69) is 0 Å². The highest BCUT2D eigenvalue weighted by Gasteiger charge is 2.35. The molecule has 116 valence electrons. The summed E-state index contributed by atoms with van der Waals surface area (Å²) in [6.45, 7) is 1.83. The molecule has 5 nitrogen and oxygen atoms in total. The molecule has 3 rings (SSSR count). The van der Waals surface area contributed by atoms with Crippen LogP contribution in [0.1, 0.15) is 21.9 Å². The molecule has 1 saturated heterocycles. The molecule has 2 aromatic rings. The third-order valence-electron chi connectivity index (χ3n) is 3.24. The first-order valence-corrected chi connectivity index (χ1v) is 7.93. The fraction of sp³-hybridized carbons (Fsp3) is 0.0625. The first-order chi connectivity index (χ1) is 11.0. The highest BCUT2D eigenvalue weighted by Crippen LogP contribution is 2.37. The molecular weight excluding hydrogens is 332 g/mol. The number of hydrogen-bond donors (Lipinski definition) is 1. The first kappa shape index (κ1) is 15.5. The molecule has 1 aromatic heterocycles. The van der Waals surface area contributed by atoms with Gasteiger partial charge in [-0.2, -0.15) is 0 Å². The number of amides is 2. The van der Waals surface area contributed by atoms with Gasteiger partial charge in [0, 0.05) is 6.08 Å². The molecule has 1 aromatic carbocycles. The van der Waals surface area contributed by atoms with E-state index in [-0.39, 0.29) is 11.5 Å². The molecule has 0 unspecified atom stereocenters. The highest BCUT2D eigenvalue weighted by atomic mass is 32.2. The number of thiocarbonyl (C=S) groups is 1. The Bertz CT molecular complexity index is 855. The zero-order valence-corrected chi connectivity index (χ0v) is 13.7. The predicted octanol–water partition coefficient (Wildman–Crippen LogP) is 3.09. The van der Waals surface area contributed by atoms with Crippen LogP contribution in [0.15, 0.2) is 45.7 Å². The average molecular weight is 344 g/mol. The summed E-state index contributed by atoms with van der Waals surface area (Å²) in [5.74, 6) is 0.417. The third-order valence-corrected chi connectivity index (χ3v) is 4.54. The maximum Gasteiger partial charge on any atom is 0.270 e. The van der Waals surface area contributed by atoms with Gasteiger partial charge in [-0.1, -0.05) is 36.1 Å². The van der Waals surface area contributed by atoms with Crippen molar-refractivity contribution < 1.29 is 14.0 Å². The number of hydrogen-bond acceptors (Lipinski definition) is 5. The Balaban J connectivity index is 2.00. The van der Waals surface area contributed by atoms with Crippen LogP contribution in [0.2, 0.25) is 0 Å². The van der Waals surface area contributed by atoms with Crippen molar-refractivity contribution in [3.8, 4) is 0 Å². The van der Waals surface area contributed by atoms with Crippen molar-refractivity contribution in [3.63, 3.8) is 0 Å². The topological polar surface area (TPSA) is 76.5 Å². The van der Waals surface area contributed by atoms with E-state index < -0.39 is 5.91 Å². The minimum absolute atomic E-state index is 0.249. The summed E-state index contributed by atoms with van der Waals surface area (Å²) in [7, 11) is 0. The van der Waals surface area contributed by atoms with Crippen molar-refractivity contribution in [1.82, 2.24) is 0 Å². The van der Waals surface area contributed by atoms with E-state index in [9.17, 15) is 9.59 Å². The van der Waals surface area contributed by atoms with E-state index in [0.717, 1.165) is 17.5 Å². The Hall–Kier alpha value is -2.38. The minimum atomic E-state index is -0.611. The molecule has 1 aliphatic rings. The van der Waals surface area contributed by atoms with Crippen LogP contribution in [-0.2, 0) is 4.79 Å². The molecule has 0 spiro atoms. The zero-order chi connectivity index (χ0) is 16.6. The van der Waals surface area contributed by atoms with Gasteiger partial charge in [-0.3, -0.25) is 14.5 Å². The van der Waals surface area contributed by atoms with Gasteiger partial charge in [-0.15, -0.1) is 0 Å². The van der Waals surface area contributed by atoms with Crippen molar-refractivity contribution in [2.24, 2.45) is 5.73 Å². The molecule has 1 fully saturated rings. The molecular formula is C16H12N2O3S2. The zero-order valence-electron chi connectivity index (χ0n) is 12.1. The summed E-state index contributed by atoms with van der Waals surface area (Å²) < 4.78 is 5.80. The number of thioether (sulfide) groups is 1. The maximum atomic E-state index is 12.7. The standard InChI is InChI=1S/C16H12N2O3S2/c1-9-6-7-10(21-9)8-13-15(20)18(16(22)23-13)12-5-3-2-4-11(12)14(17)19/h2-8H,1H3,(H2,17,19)/b13-8+. The van der Waals surface area contributed by atoms with E-state index in [4.69, 9.17) is 22.4 Å². The molecule has 7 heteroatoms. The number of anilines is 1. The lowest BCUT2D eigenvalue weighted by Crippen LogP contribution is -2.30.